The van der Waals surface area contributed by atoms with E-state index in [0.29, 0.717) is 5.54 Å². The maximum atomic E-state index is 2.63. The minimum Gasteiger partial charge on any atom is -0.298 e. The van der Waals surface area contributed by atoms with E-state index in [1.165, 1.54) is 32.1 Å². The Morgan fingerprint density at radius 2 is 1.71 bits per heavy atom. The molecule has 82 valence electrons. The molecule has 3 atom stereocenters. The third-order valence-corrected chi connectivity index (χ3v) is 4.60. The molecule has 0 bridgehead atoms. The van der Waals surface area contributed by atoms with E-state index < -0.39 is 0 Å². The normalized spacial score (nSPS) is 37.9. The molecule has 2 aliphatic rings. The first kappa shape index (κ1) is 10.5. The molecule has 0 amide bonds. The van der Waals surface area contributed by atoms with Gasteiger partial charge in [-0.25, -0.2) is 0 Å². The van der Waals surface area contributed by atoms with Crippen molar-refractivity contribution in [2.75, 3.05) is 7.05 Å². The Hall–Kier alpha value is -0.0400. The average molecular weight is 195 g/mol. The second-order valence-corrected chi connectivity index (χ2v) is 6.28. The minimum atomic E-state index is 0.349. The lowest BCUT2D eigenvalue weighted by Gasteiger charge is -2.39. The summed E-state index contributed by atoms with van der Waals surface area (Å²) < 4.78 is 0. The maximum Gasteiger partial charge on any atom is 0.0128 e. The highest BCUT2D eigenvalue weighted by Gasteiger charge is 2.42. The lowest BCUT2D eigenvalue weighted by atomic mass is 9.93. The van der Waals surface area contributed by atoms with Crippen LogP contribution in [0.3, 0.4) is 0 Å². The third kappa shape index (κ3) is 1.71. The predicted octanol–water partition coefficient (Wildman–Crippen LogP) is 3.30. The van der Waals surface area contributed by atoms with E-state index in [4.69, 9.17) is 0 Å². The lowest BCUT2D eigenvalue weighted by Crippen LogP contribution is -2.46. The van der Waals surface area contributed by atoms with Gasteiger partial charge in [0.1, 0.15) is 0 Å². The van der Waals surface area contributed by atoms with Crippen LogP contribution in [-0.2, 0) is 0 Å². The van der Waals surface area contributed by atoms with Crippen LogP contribution < -0.4 is 0 Å². The SMILES string of the molecule is CN(C1CCC2CCCC21)C(C)(C)C. The molecule has 0 radical (unpaired) electrons. The van der Waals surface area contributed by atoms with Gasteiger partial charge in [0.05, 0.1) is 0 Å². The van der Waals surface area contributed by atoms with Gasteiger partial charge in [-0.3, -0.25) is 4.90 Å². The molecule has 0 heterocycles. The predicted molar refractivity (Wildman–Crippen MR) is 61.4 cm³/mol. The van der Waals surface area contributed by atoms with Crippen LogP contribution >= 0.6 is 0 Å². The van der Waals surface area contributed by atoms with Gasteiger partial charge in [0.25, 0.3) is 0 Å². The summed E-state index contributed by atoms with van der Waals surface area (Å²) in [6, 6.07) is 0.877. The first-order chi connectivity index (χ1) is 6.50. The highest BCUT2D eigenvalue weighted by molar-refractivity contribution is 4.96. The molecule has 0 spiro atoms. The van der Waals surface area contributed by atoms with E-state index in [-0.39, 0.29) is 0 Å². The second kappa shape index (κ2) is 3.52. The first-order valence-electron chi connectivity index (χ1n) is 6.23. The molecule has 0 N–H and O–H groups in total. The van der Waals surface area contributed by atoms with Crippen molar-refractivity contribution in [1.82, 2.24) is 4.90 Å². The zero-order chi connectivity index (χ0) is 10.3. The molecule has 14 heavy (non-hydrogen) atoms. The van der Waals surface area contributed by atoms with Crippen molar-refractivity contribution in [3.63, 3.8) is 0 Å². The number of nitrogens with zero attached hydrogens (tertiary/aromatic N) is 1. The van der Waals surface area contributed by atoms with Crippen LogP contribution in [0.15, 0.2) is 0 Å². The summed E-state index contributed by atoms with van der Waals surface area (Å²) in [7, 11) is 2.32. The molecule has 0 aliphatic heterocycles. The topological polar surface area (TPSA) is 3.24 Å². The van der Waals surface area contributed by atoms with Crippen LogP contribution in [0.25, 0.3) is 0 Å². The van der Waals surface area contributed by atoms with Gasteiger partial charge < -0.3 is 0 Å². The molecule has 0 aromatic carbocycles. The molecule has 1 heteroatoms. The molecule has 2 rings (SSSR count). The van der Waals surface area contributed by atoms with E-state index in [2.05, 4.69) is 32.7 Å². The number of hydrogen-bond donors (Lipinski definition) is 0. The van der Waals surface area contributed by atoms with E-state index in [1.807, 2.05) is 0 Å². The van der Waals surface area contributed by atoms with Crippen molar-refractivity contribution < 1.29 is 0 Å². The molecule has 0 aromatic heterocycles. The van der Waals surface area contributed by atoms with E-state index >= 15 is 0 Å². The zero-order valence-corrected chi connectivity index (χ0v) is 10.2. The van der Waals surface area contributed by atoms with Crippen molar-refractivity contribution >= 4 is 0 Å². The van der Waals surface area contributed by atoms with Crippen LogP contribution in [0.4, 0.5) is 0 Å². The highest BCUT2D eigenvalue weighted by Crippen LogP contribution is 2.46. The van der Waals surface area contributed by atoms with Crippen molar-refractivity contribution in [1.29, 1.82) is 0 Å². The molecule has 2 aliphatic carbocycles. The van der Waals surface area contributed by atoms with E-state index in [9.17, 15) is 0 Å². The van der Waals surface area contributed by atoms with Crippen molar-refractivity contribution in [2.45, 2.75) is 64.5 Å². The molecule has 0 saturated heterocycles. The summed E-state index contributed by atoms with van der Waals surface area (Å²) in [6.07, 6.45) is 7.44. The summed E-state index contributed by atoms with van der Waals surface area (Å²) in [5.41, 5.74) is 0.349. The standard InChI is InChI=1S/C13H25N/c1-13(2,3)14(4)12-9-8-10-6-5-7-11(10)12/h10-12H,5-9H2,1-4H3. The molecule has 2 fully saturated rings. The third-order valence-electron chi connectivity index (χ3n) is 4.60. The van der Waals surface area contributed by atoms with Gasteiger partial charge in [0, 0.05) is 11.6 Å². The summed E-state index contributed by atoms with van der Waals surface area (Å²) in [5, 5.41) is 0. The van der Waals surface area contributed by atoms with Crippen molar-refractivity contribution in [2.24, 2.45) is 11.8 Å². The van der Waals surface area contributed by atoms with E-state index in [0.717, 1.165) is 17.9 Å². The fraction of sp³-hybridized carbons (Fsp3) is 1.00. The largest absolute Gasteiger partial charge is 0.298 e. The fourth-order valence-electron chi connectivity index (χ4n) is 3.51. The second-order valence-electron chi connectivity index (χ2n) is 6.28. The molecule has 0 aromatic rings. The Bertz CT molecular complexity index is 204. The van der Waals surface area contributed by atoms with Crippen LogP contribution in [0.5, 0.6) is 0 Å². The number of hydrogen-bond acceptors (Lipinski definition) is 1. The summed E-state index contributed by atoms with van der Waals surface area (Å²) in [5.74, 6) is 2.10. The zero-order valence-electron chi connectivity index (χ0n) is 10.2. The summed E-state index contributed by atoms with van der Waals surface area (Å²) >= 11 is 0. The smallest absolute Gasteiger partial charge is 0.0128 e. The monoisotopic (exact) mass is 195 g/mol. The quantitative estimate of drug-likeness (QED) is 0.620. The average Bonchev–Trinajstić information content (AvgIpc) is 2.59. The number of fused-ring (bicyclic) bond motifs is 1. The van der Waals surface area contributed by atoms with Crippen LogP contribution in [0.2, 0.25) is 0 Å². The Morgan fingerprint density at radius 3 is 2.36 bits per heavy atom. The molecule has 1 nitrogen and oxygen atoms in total. The Kier molecular flexibility index (Phi) is 2.63. The van der Waals surface area contributed by atoms with Gasteiger partial charge in [-0.05, 0) is 58.9 Å². The van der Waals surface area contributed by atoms with E-state index in [1.54, 1.807) is 0 Å². The Labute approximate surface area is 88.9 Å². The molecular weight excluding hydrogens is 170 g/mol. The fourth-order valence-corrected chi connectivity index (χ4v) is 3.51. The van der Waals surface area contributed by atoms with Gasteiger partial charge in [0.15, 0.2) is 0 Å². The lowest BCUT2D eigenvalue weighted by molar-refractivity contribution is 0.0884. The Morgan fingerprint density at radius 1 is 1.00 bits per heavy atom. The Balaban J connectivity index is 2.05. The summed E-state index contributed by atoms with van der Waals surface area (Å²) in [6.45, 7) is 7.03. The first-order valence-corrected chi connectivity index (χ1v) is 6.23. The van der Waals surface area contributed by atoms with Gasteiger partial charge in [-0.15, -0.1) is 0 Å². The molecular formula is C13H25N. The van der Waals surface area contributed by atoms with Crippen LogP contribution in [0.1, 0.15) is 52.9 Å². The van der Waals surface area contributed by atoms with Crippen molar-refractivity contribution in [3.05, 3.63) is 0 Å². The van der Waals surface area contributed by atoms with Crippen LogP contribution in [0, 0.1) is 11.8 Å². The summed E-state index contributed by atoms with van der Waals surface area (Å²) in [4.78, 5) is 2.63. The van der Waals surface area contributed by atoms with Gasteiger partial charge >= 0.3 is 0 Å². The molecule has 2 saturated carbocycles. The maximum absolute atomic E-state index is 2.63. The van der Waals surface area contributed by atoms with Gasteiger partial charge in [-0.2, -0.15) is 0 Å². The van der Waals surface area contributed by atoms with Crippen molar-refractivity contribution in [3.8, 4) is 0 Å². The number of rotatable bonds is 1. The van der Waals surface area contributed by atoms with Gasteiger partial charge in [0.2, 0.25) is 0 Å². The highest BCUT2D eigenvalue weighted by atomic mass is 15.2. The van der Waals surface area contributed by atoms with Gasteiger partial charge in [-0.1, -0.05) is 12.8 Å². The minimum absolute atomic E-state index is 0.349. The van der Waals surface area contributed by atoms with Crippen LogP contribution in [-0.4, -0.2) is 23.5 Å². The molecule has 3 unspecified atom stereocenters.